The van der Waals surface area contributed by atoms with Gasteiger partial charge in [0.2, 0.25) is 0 Å². The van der Waals surface area contributed by atoms with Crippen LogP contribution in [-0.4, -0.2) is 59.9 Å². The zero-order valence-corrected chi connectivity index (χ0v) is 16.7. The molecular weight excluding hydrogens is 340 g/mol. The summed E-state index contributed by atoms with van der Waals surface area (Å²) >= 11 is 0. The Kier molecular flexibility index (Phi) is 6.90. The molecule has 0 unspecified atom stereocenters. The van der Waals surface area contributed by atoms with E-state index in [9.17, 15) is 9.90 Å². The first-order valence-corrected chi connectivity index (χ1v) is 10.4. The SMILES string of the molecule is CC(C)(O)CCc1cccc(C(=O)NC2CCN(C[C@H]3CCCO3)CC2)c1. The molecule has 0 saturated carbocycles. The molecule has 3 rings (SSSR count). The molecule has 1 atom stereocenters. The summed E-state index contributed by atoms with van der Waals surface area (Å²) in [4.78, 5) is 15.1. The second-order valence-corrected chi connectivity index (χ2v) is 8.70. The molecule has 1 amide bonds. The highest BCUT2D eigenvalue weighted by Gasteiger charge is 2.25. The quantitative estimate of drug-likeness (QED) is 0.770. The minimum Gasteiger partial charge on any atom is -0.390 e. The summed E-state index contributed by atoms with van der Waals surface area (Å²) in [7, 11) is 0. The van der Waals surface area contributed by atoms with Gasteiger partial charge in [0.15, 0.2) is 0 Å². The number of benzene rings is 1. The number of amides is 1. The number of carbonyl (C=O) groups excluding carboxylic acids is 1. The number of rotatable bonds is 7. The summed E-state index contributed by atoms with van der Waals surface area (Å²) in [6.07, 6.45) is 6.22. The molecule has 5 nitrogen and oxygen atoms in total. The van der Waals surface area contributed by atoms with Crippen molar-refractivity contribution in [2.45, 2.75) is 70.1 Å². The molecule has 1 aromatic rings. The van der Waals surface area contributed by atoms with E-state index in [-0.39, 0.29) is 11.9 Å². The lowest BCUT2D eigenvalue weighted by atomic mass is 9.97. The fraction of sp³-hybridized carbons (Fsp3) is 0.682. The Morgan fingerprint density at radius 2 is 2.07 bits per heavy atom. The molecule has 2 aliphatic heterocycles. The van der Waals surface area contributed by atoms with Gasteiger partial charge < -0.3 is 20.1 Å². The van der Waals surface area contributed by atoms with E-state index in [0.29, 0.717) is 18.1 Å². The zero-order chi connectivity index (χ0) is 19.3. The summed E-state index contributed by atoms with van der Waals surface area (Å²) in [5.41, 5.74) is 1.12. The normalized spacial score (nSPS) is 22.1. The van der Waals surface area contributed by atoms with Gasteiger partial charge in [0.25, 0.3) is 5.91 Å². The molecule has 27 heavy (non-hydrogen) atoms. The molecule has 0 spiro atoms. The number of ether oxygens (including phenoxy) is 1. The largest absolute Gasteiger partial charge is 0.390 e. The van der Waals surface area contributed by atoms with Crippen LogP contribution in [0.3, 0.4) is 0 Å². The minimum atomic E-state index is -0.685. The van der Waals surface area contributed by atoms with Gasteiger partial charge in [-0.2, -0.15) is 0 Å². The third-order valence-electron chi connectivity index (χ3n) is 5.62. The highest BCUT2D eigenvalue weighted by atomic mass is 16.5. The molecule has 150 valence electrons. The molecule has 0 radical (unpaired) electrons. The summed E-state index contributed by atoms with van der Waals surface area (Å²) in [5.74, 6) is 0.0117. The highest BCUT2D eigenvalue weighted by Crippen LogP contribution is 2.18. The molecule has 0 aromatic heterocycles. The number of aryl methyl sites for hydroxylation is 1. The predicted molar refractivity (Wildman–Crippen MR) is 107 cm³/mol. The lowest BCUT2D eigenvalue weighted by Crippen LogP contribution is -2.46. The van der Waals surface area contributed by atoms with Crippen LogP contribution in [0, 0.1) is 0 Å². The lowest BCUT2D eigenvalue weighted by Gasteiger charge is -2.33. The monoisotopic (exact) mass is 374 g/mol. The number of aliphatic hydroxyl groups is 1. The third-order valence-corrected chi connectivity index (χ3v) is 5.62. The van der Waals surface area contributed by atoms with Crippen molar-refractivity contribution in [3.05, 3.63) is 35.4 Å². The average Bonchev–Trinajstić information content (AvgIpc) is 3.14. The maximum atomic E-state index is 12.6. The van der Waals surface area contributed by atoms with Crippen LogP contribution >= 0.6 is 0 Å². The second-order valence-electron chi connectivity index (χ2n) is 8.70. The van der Waals surface area contributed by atoms with Crippen molar-refractivity contribution in [3.8, 4) is 0 Å². The van der Waals surface area contributed by atoms with Gasteiger partial charge >= 0.3 is 0 Å². The second kappa shape index (κ2) is 9.18. The molecule has 2 fully saturated rings. The number of hydrogen-bond acceptors (Lipinski definition) is 4. The highest BCUT2D eigenvalue weighted by molar-refractivity contribution is 5.94. The Balaban J connectivity index is 1.45. The van der Waals surface area contributed by atoms with Crippen LogP contribution in [0.2, 0.25) is 0 Å². The number of hydrogen-bond donors (Lipinski definition) is 2. The molecule has 0 bridgehead atoms. The van der Waals surface area contributed by atoms with Gasteiger partial charge in [-0.05, 0) is 70.1 Å². The summed E-state index contributed by atoms with van der Waals surface area (Å²) < 4.78 is 5.73. The first-order chi connectivity index (χ1) is 12.9. The fourth-order valence-electron chi connectivity index (χ4n) is 3.92. The Bertz CT molecular complexity index is 612. The maximum Gasteiger partial charge on any atom is 0.251 e. The number of piperidine rings is 1. The first kappa shape index (κ1) is 20.3. The Morgan fingerprint density at radius 3 is 2.74 bits per heavy atom. The number of nitrogens with one attached hydrogen (secondary N) is 1. The Labute approximate surface area is 163 Å². The van der Waals surface area contributed by atoms with Crippen LogP contribution in [0.5, 0.6) is 0 Å². The van der Waals surface area contributed by atoms with Crippen molar-refractivity contribution >= 4 is 5.91 Å². The summed E-state index contributed by atoms with van der Waals surface area (Å²) in [5, 5.41) is 13.1. The lowest BCUT2D eigenvalue weighted by molar-refractivity contribution is 0.0613. The van der Waals surface area contributed by atoms with E-state index in [1.54, 1.807) is 0 Å². The molecule has 5 heteroatoms. The Hall–Kier alpha value is -1.43. The molecule has 2 N–H and O–H groups in total. The molecular formula is C22H34N2O3. The summed E-state index contributed by atoms with van der Waals surface area (Å²) in [6.45, 7) is 7.62. The van der Waals surface area contributed by atoms with E-state index < -0.39 is 5.60 Å². The van der Waals surface area contributed by atoms with Crippen molar-refractivity contribution in [1.29, 1.82) is 0 Å². The van der Waals surface area contributed by atoms with Gasteiger partial charge in [0, 0.05) is 37.8 Å². The van der Waals surface area contributed by atoms with Crippen LogP contribution in [0.25, 0.3) is 0 Å². The minimum absolute atomic E-state index is 0.0117. The smallest absolute Gasteiger partial charge is 0.251 e. The van der Waals surface area contributed by atoms with Gasteiger partial charge in [0.1, 0.15) is 0 Å². The molecule has 2 heterocycles. The first-order valence-electron chi connectivity index (χ1n) is 10.4. The van der Waals surface area contributed by atoms with Crippen molar-refractivity contribution in [1.82, 2.24) is 10.2 Å². The van der Waals surface area contributed by atoms with Crippen LogP contribution in [0.15, 0.2) is 24.3 Å². The molecule has 0 aliphatic carbocycles. The standard InChI is InChI=1S/C22H34N2O3/c1-22(2,26)11-8-17-5-3-6-18(15-17)21(25)23-19-9-12-24(13-10-19)16-20-7-4-14-27-20/h3,5-6,15,19-20,26H,4,7-14,16H2,1-2H3,(H,23,25)/t20-/m1/s1. The average molecular weight is 375 g/mol. The number of nitrogens with zero attached hydrogens (tertiary/aromatic N) is 1. The zero-order valence-electron chi connectivity index (χ0n) is 16.7. The third kappa shape index (κ3) is 6.59. The van der Waals surface area contributed by atoms with Gasteiger partial charge in [-0.15, -0.1) is 0 Å². The van der Waals surface area contributed by atoms with Crippen molar-refractivity contribution < 1.29 is 14.6 Å². The van der Waals surface area contributed by atoms with Crippen LogP contribution < -0.4 is 5.32 Å². The summed E-state index contributed by atoms with van der Waals surface area (Å²) in [6, 6.07) is 8.02. The van der Waals surface area contributed by atoms with E-state index in [2.05, 4.69) is 10.2 Å². The van der Waals surface area contributed by atoms with E-state index in [0.717, 1.165) is 51.1 Å². The van der Waals surface area contributed by atoms with Gasteiger partial charge in [0.05, 0.1) is 11.7 Å². The molecule has 2 aliphatic rings. The van der Waals surface area contributed by atoms with Crippen molar-refractivity contribution in [3.63, 3.8) is 0 Å². The van der Waals surface area contributed by atoms with Crippen LogP contribution in [0.1, 0.15) is 61.9 Å². The number of carbonyl (C=O) groups is 1. The molecule has 2 saturated heterocycles. The van der Waals surface area contributed by atoms with Crippen molar-refractivity contribution in [2.24, 2.45) is 0 Å². The van der Waals surface area contributed by atoms with Crippen molar-refractivity contribution in [2.75, 3.05) is 26.2 Å². The predicted octanol–water partition coefficient (Wildman–Crippen LogP) is 2.76. The Morgan fingerprint density at radius 1 is 1.30 bits per heavy atom. The van der Waals surface area contributed by atoms with Gasteiger partial charge in [-0.3, -0.25) is 4.79 Å². The van der Waals surface area contributed by atoms with Crippen LogP contribution in [0.4, 0.5) is 0 Å². The van der Waals surface area contributed by atoms with E-state index in [1.807, 2.05) is 38.1 Å². The van der Waals surface area contributed by atoms with Gasteiger partial charge in [-0.1, -0.05) is 12.1 Å². The fourth-order valence-corrected chi connectivity index (χ4v) is 3.92. The van der Waals surface area contributed by atoms with E-state index >= 15 is 0 Å². The maximum absolute atomic E-state index is 12.6. The van der Waals surface area contributed by atoms with E-state index in [1.165, 1.54) is 12.8 Å². The van der Waals surface area contributed by atoms with E-state index in [4.69, 9.17) is 4.74 Å². The van der Waals surface area contributed by atoms with Crippen LogP contribution in [-0.2, 0) is 11.2 Å². The number of likely N-dealkylation sites (tertiary alicyclic amines) is 1. The molecule has 1 aromatic carbocycles. The topological polar surface area (TPSA) is 61.8 Å². The van der Waals surface area contributed by atoms with Gasteiger partial charge in [-0.25, -0.2) is 0 Å².